The summed E-state index contributed by atoms with van der Waals surface area (Å²) < 4.78 is 65.4. The summed E-state index contributed by atoms with van der Waals surface area (Å²) in [7, 11) is -10.3. The zero-order valence-corrected chi connectivity index (χ0v) is 16.6. The van der Waals surface area contributed by atoms with Crippen LogP contribution in [0.3, 0.4) is 0 Å². The van der Waals surface area contributed by atoms with Gasteiger partial charge in [0.15, 0.2) is 0 Å². The third-order valence-corrected chi connectivity index (χ3v) is 7.18. The van der Waals surface area contributed by atoms with Crippen LogP contribution >= 0.6 is 0 Å². The Morgan fingerprint density at radius 1 is 0.840 bits per heavy atom. The minimum Gasteiger partial charge on any atom is -0.394 e. The van der Waals surface area contributed by atoms with E-state index in [1.807, 2.05) is 0 Å². The van der Waals surface area contributed by atoms with Crippen LogP contribution in [0.4, 0.5) is 0 Å². The summed E-state index contributed by atoms with van der Waals surface area (Å²) in [4.78, 5) is 0. The van der Waals surface area contributed by atoms with E-state index in [1.54, 1.807) is 6.92 Å². The molecule has 0 rings (SSSR count). The zero-order valence-electron chi connectivity index (χ0n) is 15.0. The summed E-state index contributed by atoms with van der Waals surface area (Å²) in [6.07, 6.45) is 7.19. The Labute approximate surface area is 151 Å². The second-order valence-corrected chi connectivity index (χ2v) is 9.70. The lowest BCUT2D eigenvalue weighted by atomic mass is 10.1. The molecule has 3 N–H and O–H groups in total. The number of rotatable bonds is 15. The van der Waals surface area contributed by atoms with Crippen molar-refractivity contribution in [3.63, 3.8) is 0 Å². The predicted molar refractivity (Wildman–Crippen MR) is 95.5 cm³/mol. The average molecular weight is 405 g/mol. The third-order valence-electron chi connectivity index (χ3n) is 3.94. The second kappa shape index (κ2) is 12.2. The molecule has 0 aliphatic rings. The number of aliphatic hydroxyl groups excluding tert-OH is 1. The summed E-state index contributed by atoms with van der Waals surface area (Å²) in [6.45, 7) is 2.82. The molecule has 0 aromatic rings. The van der Waals surface area contributed by atoms with Crippen LogP contribution in [0.5, 0.6) is 0 Å². The summed E-state index contributed by atoms with van der Waals surface area (Å²) in [5.74, 6) is 0. The Hall–Kier alpha value is -0.260. The fourth-order valence-electron chi connectivity index (χ4n) is 2.66. The molecule has 8 nitrogen and oxygen atoms in total. The molecule has 25 heavy (non-hydrogen) atoms. The van der Waals surface area contributed by atoms with Crippen LogP contribution in [-0.2, 0) is 25.0 Å². The van der Waals surface area contributed by atoms with Crippen molar-refractivity contribution >= 4 is 20.2 Å². The largest absolute Gasteiger partial charge is 0.394 e. The standard InChI is InChI=1S/C15H32O8S2/c1-3-4-5-6-7-8-9-10-11-13(2)23-14(12-16)15(24(17,18)19)25(20,21)22/h13-16H,3-12H2,1-2H3,(H,17,18,19)(H,20,21,22). The summed E-state index contributed by atoms with van der Waals surface area (Å²) in [6, 6.07) is 0. The van der Waals surface area contributed by atoms with Gasteiger partial charge in [-0.25, -0.2) is 0 Å². The first-order valence-electron chi connectivity index (χ1n) is 8.73. The highest BCUT2D eigenvalue weighted by atomic mass is 32.3. The first-order chi connectivity index (χ1) is 11.5. The van der Waals surface area contributed by atoms with Gasteiger partial charge in [0.2, 0.25) is 4.58 Å². The molecule has 0 saturated heterocycles. The van der Waals surface area contributed by atoms with E-state index in [1.165, 1.54) is 25.7 Å². The Morgan fingerprint density at radius 2 is 1.28 bits per heavy atom. The molecule has 0 aliphatic heterocycles. The molecule has 0 heterocycles. The van der Waals surface area contributed by atoms with Gasteiger partial charge in [-0.3, -0.25) is 9.11 Å². The average Bonchev–Trinajstić information content (AvgIpc) is 2.46. The van der Waals surface area contributed by atoms with Gasteiger partial charge in [0, 0.05) is 0 Å². The highest BCUT2D eigenvalue weighted by Crippen LogP contribution is 2.19. The monoisotopic (exact) mass is 404 g/mol. The fraction of sp³-hybridized carbons (Fsp3) is 1.00. The molecular formula is C15H32O8S2. The molecule has 2 atom stereocenters. The van der Waals surface area contributed by atoms with Crippen molar-refractivity contribution in [2.24, 2.45) is 0 Å². The molecule has 0 spiro atoms. The van der Waals surface area contributed by atoms with Gasteiger partial charge in [-0.2, -0.15) is 16.8 Å². The van der Waals surface area contributed by atoms with Crippen LogP contribution in [0.15, 0.2) is 0 Å². The highest BCUT2D eigenvalue weighted by molar-refractivity contribution is 8.04. The molecule has 0 amide bonds. The van der Waals surface area contributed by atoms with Gasteiger partial charge in [0.05, 0.1) is 12.7 Å². The number of aliphatic hydroxyl groups is 1. The normalized spacial score (nSPS) is 15.4. The van der Waals surface area contributed by atoms with Gasteiger partial charge in [0.25, 0.3) is 20.2 Å². The van der Waals surface area contributed by atoms with Crippen LogP contribution in [0.2, 0.25) is 0 Å². The number of hydrogen-bond acceptors (Lipinski definition) is 6. The molecule has 0 aliphatic carbocycles. The van der Waals surface area contributed by atoms with E-state index in [-0.39, 0.29) is 0 Å². The number of ether oxygens (including phenoxy) is 1. The second-order valence-electron chi connectivity index (χ2n) is 6.33. The van der Waals surface area contributed by atoms with Gasteiger partial charge in [-0.1, -0.05) is 58.3 Å². The fourth-order valence-corrected chi connectivity index (χ4v) is 4.96. The lowest BCUT2D eigenvalue weighted by Gasteiger charge is -2.24. The maximum Gasteiger partial charge on any atom is 0.287 e. The molecular weight excluding hydrogens is 372 g/mol. The summed E-state index contributed by atoms with van der Waals surface area (Å²) in [5.41, 5.74) is 0. The van der Waals surface area contributed by atoms with Gasteiger partial charge in [-0.15, -0.1) is 0 Å². The molecule has 0 fully saturated rings. The van der Waals surface area contributed by atoms with Crippen LogP contribution < -0.4 is 0 Å². The van der Waals surface area contributed by atoms with E-state index in [9.17, 15) is 21.9 Å². The van der Waals surface area contributed by atoms with Gasteiger partial charge < -0.3 is 9.84 Å². The Balaban J connectivity index is 4.34. The van der Waals surface area contributed by atoms with Crippen molar-refractivity contribution in [1.29, 1.82) is 0 Å². The maximum atomic E-state index is 11.2. The van der Waals surface area contributed by atoms with Crippen molar-refractivity contribution in [2.75, 3.05) is 6.61 Å². The van der Waals surface area contributed by atoms with Crippen molar-refractivity contribution in [3.05, 3.63) is 0 Å². The Kier molecular flexibility index (Phi) is 12.1. The first kappa shape index (κ1) is 24.7. The Bertz CT molecular complexity index is 512. The molecule has 0 aromatic heterocycles. The molecule has 2 unspecified atom stereocenters. The number of unbranched alkanes of at least 4 members (excludes halogenated alkanes) is 7. The molecule has 0 saturated carbocycles. The van der Waals surface area contributed by atoms with Crippen LogP contribution in [-0.4, -0.2) is 54.4 Å². The highest BCUT2D eigenvalue weighted by Gasteiger charge is 2.43. The van der Waals surface area contributed by atoms with Crippen molar-refractivity contribution in [2.45, 2.75) is 88.4 Å². The lowest BCUT2D eigenvalue weighted by molar-refractivity contribution is -0.0291. The van der Waals surface area contributed by atoms with Gasteiger partial charge in [0.1, 0.15) is 6.10 Å². The molecule has 0 radical (unpaired) electrons. The summed E-state index contributed by atoms with van der Waals surface area (Å²) in [5, 5.41) is 9.21. The minimum absolute atomic E-state index is 0.525. The van der Waals surface area contributed by atoms with Crippen molar-refractivity contribution in [1.82, 2.24) is 0 Å². The topological polar surface area (TPSA) is 138 Å². The van der Waals surface area contributed by atoms with Crippen LogP contribution in [0.25, 0.3) is 0 Å². The van der Waals surface area contributed by atoms with E-state index in [0.29, 0.717) is 6.42 Å². The van der Waals surface area contributed by atoms with E-state index in [2.05, 4.69) is 6.92 Å². The van der Waals surface area contributed by atoms with Crippen molar-refractivity contribution in [3.8, 4) is 0 Å². The molecule has 10 heteroatoms. The SMILES string of the molecule is CCCCCCCCCCC(C)OC(CO)C(S(=O)(=O)O)S(=O)(=O)O. The predicted octanol–water partition coefficient (Wildman–Crippen LogP) is 2.38. The van der Waals surface area contributed by atoms with Crippen LogP contribution in [0, 0.1) is 0 Å². The van der Waals surface area contributed by atoms with E-state index >= 15 is 0 Å². The van der Waals surface area contributed by atoms with E-state index in [4.69, 9.17) is 13.8 Å². The number of hydrogen-bond donors (Lipinski definition) is 3. The van der Waals surface area contributed by atoms with Gasteiger partial charge in [-0.05, 0) is 13.3 Å². The third kappa shape index (κ3) is 11.1. The Morgan fingerprint density at radius 3 is 1.68 bits per heavy atom. The smallest absolute Gasteiger partial charge is 0.287 e. The van der Waals surface area contributed by atoms with Crippen molar-refractivity contribution < 1.29 is 35.8 Å². The molecule has 152 valence electrons. The van der Waals surface area contributed by atoms with E-state index in [0.717, 1.165) is 25.7 Å². The quantitative estimate of drug-likeness (QED) is 0.279. The maximum absolute atomic E-state index is 11.2. The molecule has 0 aromatic carbocycles. The van der Waals surface area contributed by atoms with Crippen LogP contribution in [0.1, 0.15) is 71.6 Å². The minimum atomic E-state index is -5.14. The zero-order chi connectivity index (χ0) is 19.5. The van der Waals surface area contributed by atoms with Gasteiger partial charge >= 0.3 is 0 Å². The summed E-state index contributed by atoms with van der Waals surface area (Å²) >= 11 is 0. The lowest BCUT2D eigenvalue weighted by Crippen LogP contribution is -2.45. The first-order valence-corrected chi connectivity index (χ1v) is 11.7. The van der Waals surface area contributed by atoms with E-state index < -0.39 is 43.6 Å². The molecule has 0 bridgehead atoms.